The zero-order valence-corrected chi connectivity index (χ0v) is 15.4. The van der Waals surface area contributed by atoms with Crippen molar-refractivity contribution in [2.24, 2.45) is 0 Å². The Morgan fingerprint density at radius 2 is 2.00 bits per heavy atom. The average molecular weight is 349 g/mol. The Bertz CT molecular complexity index is 942. The molecule has 0 fully saturated rings. The normalized spacial score (nSPS) is 16.6. The number of methoxy groups -OCH3 is 1. The van der Waals surface area contributed by atoms with Crippen LogP contribution in [0.25, 0.3) is 10.9 Å². The Hall–Kier alpha value is -2.66. The number of rotatable bonds is 4. The summed E-state index contributed by atoms with van der Waals surface area (Å²) < 4.78 is 11.4. The third kappa shape index (κ3) is 2.88. The second kappa shape index (κ2) is 6.92. The molecule has 0 amide bonds. The van der Waals surface area contributed by atoms with Crippen LogP contribution in [0.1, 0.15) is 30.8 Å². The van der Waals surface area contributed by atoms with Crippen LogP contribution in [0.2, 0.25) is 0 Å². The summed E-state index contributed by atoms with van der Waals surface area (Å²) in [6, 6.07) is 14.3. The van der Waals surface area contributed by atoms with Crippen LogP contribution in [0, 0.1) is 6.92 Å². The molecule has 1 aliphatic rings. The van der Waals surface area contributed by atoms with Crippen molar-refractivity contribution in [3.63, 3.8) is 0 Å². The van der Waals surface area contributed by atoms with E-state index in [9.17, 15) is 0 Å². The van der Waals surface area contributed by atoms with Crippen molar-refractivity contribution in [2.45, 2.75) is 26.4 Å². The van der Waals surface area contributed by atoms with E-state index in [0.29, 0.717) is 6.61 Å². The highest BCUT2D eigenvalue weighted by Gasteiger charge is 2.28. The van der Waals surface area contributed by atoms with Gasteiger partial charge in [-0.1, -0.05) is 12.1 Å². The third-order valence-electron chi connectivity index (χ3n) is 4.81. The number of para-hydroxylation sites is 1. The summed E-state index contributed by atoms with van der Waals surface area (Å²) in [5, 5.41) is 1.06. The molecule has 1 unspecified atom stereocenters. The number of fused-ring (bicyclic) bond motifs is 2. The summed E-state index contributed by atoms with van der Waals surface area (Å²) in [6.45, 7) is 5.52. The first-order chi connectivity index (χ1) is 12.7. The largest absolute Gasteiger partial charge is 0.497 e. The Morgan fingerprint density at radius 3 is 2.81 bits per heavy atom. The maximum absolute atomic E-state index is 5.99. The smallest absolute Gasteiger partial charge is 0.144 e. The van der Waals surface area contributed by atoms with Gasteiger partial charge in [0.25, 0.3) is 0 Å². The van der Waals surface area contributed by atoms with Crippen LogP contribution in [-0.4, -0.2) is 30.2 Å². The van der Waals surface area contributed by atoms with Gasteiger partial charge in [-0.2, -0.15) is 0 Å². The summed E-state index contributed by atoms with van der Waals surface area (Å²) in [5.74, 6) is 2.58. The fraction of sp³-hybridized carbons (Fsp3) is 0.333. The molecule has 5 nitrogen and oxygen atoms in total. The molecule has 2 heterocycles. The Labute approximate surface area is 153 Å². The number of hydrogen-bond acceptors (Lipinski definition) is 5. The van der Waals surface area contributed by atoms with Crippen molar-refractivity contribution < 1.29 is 9.47 Å². The SMILES string of the molecule is CCOC1CCN(c2nc(C)nc3ccccc23)c2ccc(OC)cc21. The average Bonchev–Trinajstić information content (AvgIpc) is 2.67. The van der Waals surface area contributed by atoms with E-state index in [1.54, 1.807) is 7.11 Å². The number of ether oxygens (including phenoxy) is 2. The van der Waals surface area contributed by atoms with Crippen LogP contribution in [0.15, 0.2) is 42.5 Å². The van der Waals surface area contributed by atoms with Gasteiger partial charge in [-0.15, -0.1) is 0 Å². The van der Waals surface area contributed by atoms with Gasteiger partial charge < -0.3 is 14.4 Å². The van der Waals surface area contributed by atoms with E-state index in [-0.39, 0.29) is 6.10 Å². The van der Waals surface area contributed by atoms with Gasteiger partial charge in [-0.3, -0.25) is 0 Å². The van der Waals surface area contributed by atoms with Crippen LogP contribution in [-0.2, 0) is 4.74 Å². The molecule has 0 bridgehead atoms. The first kappa shape index (κ1) is 16.8. The van der Waals surface area contributed by atoms with Gasteiger partial charge in [0, 0.05) is 29.8 Å². The van der Waals surface area contributed by atoms with E-state index in [2.05, 4.69) is 28.1 Å². The minimum absolute atomic E-state index is 0.0792. The molecule has 1 atom stereocenters. The van der Waals surface area contributed by atoms with Crippen molar-refractivity contribution in [1.29, 1.82) is 0 Å². The second-order valence-electron chi connectivity index (χ2n) is 6.42. The lowest BCUT2D eigenvalue weighted by molar-refractivity contribution is 0.0553. The van der Waals surface area contributed by atoms with Gasteiger partial charge in [0.2, 0.25) is 0 Å². The van der Waals surface area contributed by atoms with Crippen LogP contribution < -0.4 is 9.64 Å². The van der Waals surface area contributed by atoms with E-state index < -0.39 is 0 Å². The Kier molecular flexibility index (Phi) is 4.47. The number of aryl methyl sites for hydroxylation is 1. The minimum atomic E-state index is 0.0792. The summed E-state index contributed by atoms with van der Waals surface area (Å²) >= 11 is 0. The number of nitrogens with zero attached hydrogens (tertiary/aromatic N) is 3. The molecule has 0 saturated carbocycles. The molecule has 0 saturated heterocycles. The number of anilines is 2. The van der Waals surface area contributed by atoms with Crippen molar-refractivity contribution in [3.8, 4) is 5.75 Å². The number of aromatic nitrogens is 2. The lowest BCUT2D eigenvalue weighted by Crippen LogP contribution is -2.29. The minimum Gasteiger partial charge on any atom is -0.497 e. The van der Waals surface area contributed by atoms with Crippen molar-refractivity contribution in [3.05, 3.63) is 53.9 Å². The molecule has 3 aromatic rings. The second-order valence-corrected chi connectivity index (χ2v) is 6.42. The Morgan fingerprint density at radius 1 is 1.15 bits per heavy atom. The highest BCUT2D eigenvalue weighted by atomic mass is 16.5. The van der Waals surface area contributed by atoms with Crippen LogP contribution in [0.5, 0.6) is 5.75 Å². The molecule has 1 aliphatic heterocycles. The highest BCUT2D eigenvalue weighted by Crippen LogP contribution is 2.42. The van der Waals surface area contributed by atoms with E-state index in [1.165, 1.54) is 0 Å². The van der Waals surface area contributed by atoms with Crippen LogP contribution >= 0.6 is 0 Å². The molecule has 5 heteroatoms. The Balaban J connectivity index is 1.88. The van der Waals surface area contributed by atoms with Gasteiger partial charge in [-0.25, -0.2) is 9.97 Å². The van der Waals surface area contributed by atoms with Crippen molar-refractivity contribution in [2.75, 3.05) is 25.2 Å². The van der Waals surface area contributed by atoms with E-state index in [1.807, 2.05) is 38.1 Å². The molecule has 4 rings (SSSR count). The fourth-order valence-electron chi connectivity index (χ4n) is 3.66. The highest BCUT2D eigenvalue weighted by molar-refractivity contribution is 5.92. The summed E-state index contributed by atoms with van der Waals surface area (Å²) in [7, 11) is 1.69. The van der Waals surface area contributed by atoms with Crippen LogP contribution in [0.3, 0.4) is 0 Å². The van der Waals surface area contributed by atoms with Gasteiger partial charge >= 0.3 is 0 Å². The molecule has 26 heavy (non-hydrogen) atoms. The third-order valence-corrected chi connectivity index (χ3v) is 4.81. The van der Waals surface area contributed by atoms with E-state index >= 15 is 0 Å². The standard InChI is InChI=1S/C21H23N3O2/c1-4-26-20-11-12-24(19-10-9-15(25-3)13-17(19)20)21-16-7-5-6-8-18(16)22-14(2)23-21/h5-10,13,20H,4,11-12H2,1-3H3. The van der Waals surface area contributed by atoms with Gasteiger partial charge in [0.1, 0.15) is 17.4 Å². The molecule has 134 valence electrons. The summed E-state index contributed by atoms with van der Waals surface area (Å²) in [4.78, 5) is 11.6. The molecule has 0 N–H and O–H groups in total. The van der Waals surface area contributed by atoms with E-state index in [0.717, 1.165) is 52.5 Å². The molecular weight excluding hydrogens is 326 g/mol. The quantitative estimate of drug-likeness (QED) is 0.691. The first-order valence-electron chi connectivity index (χ1n) is 9.01. The number of hydrogen-bond donors (Lipinski definition) is 0. The fourth-order valence-corrected chi connectivity index (χ4v) is 3.66. The zero-order chi connectivity index (χ0) is 18.1. The van der Waals surface area contributed by atoms with Gasteiger partial charge in [0.05, 0.1) is 18.7 Å². The maximum Gasteiger partial charge on any atom is 0.144 e. The molecular formula is C21H23N3O2. The zero-order valence-electron chi connectivity index (χ0n) is 15.4. The van der Waals surface area contributed by atoms with Crippen molar-refractivity contribution in [1.82, 2.24) is 9.97 Å². The predicted molar refractivity (Wildman–Crippen MR) is 103 cm³/mol. The van der Waals surface area contributed by atoms with Crippen molar-refractivity contribution >= 4 is 22.4 Å². The van der Waals surface area contributed by atoms with Gasteiger partial charge in [0.15, 0.2) is 0 Å². The monoisotopic (exact) mass is 349 g/mol. The summed E-state index contributed by atoms with van der Waals surface area (Å²) in [5.41, 5.74) is 3.24. The molecule has 0 radical (unpaired) electrons. The van der Waals surface area contributed by atoms with E-state index in [4.69, 9.17) is 14.5 Å². The number of benzene rings is 2. The molecule has 0 aliphatic carbocycles. The molecule has 2 aromatic carbocycles. The topological polar surface area (TPSA) is 47.5 Å². The maximum atomic E-state index is 5.99. The first-order valence-corrected chi connectivity index (χ1v) is 9.01. The lowest BCUT2D eigenvalue weighted by atomic mass is 9.97. The van der Waals surface area contributed by atoms with Crippen LogP contribution in [0.4, 0.5) is 11.5 Å². The van der Waals surface area contributed by atoms with Gasteiger partial charge in [-0.05, 0) is 50.6 Å². The summed E-state index contributed by atoms with van der Waals surface area (Å²) in [6.07, 6.45) is 0.987. The molecule has 0 spiro atoms. The molecule has 1 aromatic heterocycles. The predicted octanol–water partition coefficient (Wildman–Crippen LogP) is 4.57. The lowest BCUT2D eigenvalue weighted by Gasteiger charge is -2.35.